The van der Waals surface area contributed by atoms with Crippen molar-refractivity contribution >= 4 is 23.0 Å². The molecule has 0 heterocycles. The van der Waals surface area contributed by atoms with Gasteiger partial charge in [-0.15, -0.1) is 0 Å². The van der Waals surface area contributed by atoms with Crippen LogP contribution in [0.5, 0.6) is 5.75 Å². The fourth-order valence-electron chi connectivity index (χ4n) is 2.11. The molecular formula is C18H22N2OS. The van der Waals surface area contributed by atoms with Crippen LogP contribution in [-0.4, -0.2) is 18.3 Å². The van der Waals surface area contributed by atoms with E-state index in [0.717, 1.165) is 30.8 Å². The van der Waals surface area contributed by atoms with Crippen LogP contribution < -0.4 is 15.4 Å². The van der Waals surface area contributed by atoms with Gasteiger partial charge in [-0.3, -0.25) is 0 Å². The molecule has 0 fully saturated rings. The van der Waals surface area contributed by atoms with Gasteiger partial charge in [0.15, 0.2) is 5.11 Å². The number of benzene rings is 2. The second kappa shape index (κ2) is 9.05. The average Bonchev–Trinajstić information content (AvgIpc) is 2.53. The van der Waals surface area contributed by atoms with E-state index in [9.17, 15) is 0 Å². The van der Waals surface area contributed by atoms with Crippen molar-refractivity contribution in [1.82, 2.24) is 5.32 Å². The van der Waals surface area contributed by atoms with Crippen LogP contribution in [0, 0.1) is 0 Å². The van der Waals surface area contributed by atoms with Crippen molar-refractivity contribution in [2.24, 2.45) is 0 Å². The Morgan fingerprint density at radius 1 is 1.09 bits per heavy atom. The second-order valence-corrected chi connectivity index (χ2v) is 5.36. The predicted molar refractivity (Wildman–Crippen MR) is 96.6 cm³/mol. The highest BCUT2D eigenvalue weighted by Gasteiger charge is 1.99. The van der Waals surface area contributed by atoms with Crippen molar-refractivity contribution in [3.05, 3.63) is 60.2 Å². The van der Waals surface area contributed by atoms with Crippen molar-refractivity contribution < 1.29 is 4.74 Å². The summed E-state index contributed by atoms with van der Waals surface area (Å²) in [5.41, 5.74) is 2.28. The van der Waals surface area contributed by atoms with Crippen molar-refractivity contribution in [3.8, 4) is 5.75 Å². The molecule has 116 valence electrons. The molecule has 0 radical (unpaired) electrons. The Balaban J connectivity index is 1.77. The van der Waals surface area contributed by atoms with Crippen LogP contribution in [0.3, 0.4) is 0 Å². The number of nitrogens with one attached hydrogen (secondary N) is 2. The van der Waals surface area contributed by atoms with Gasteiger partial charge < -0.3 is 15.4 Å². The Bertz CT molecular complexity index is 587. The van der Waals surface area contributed by atoms with Gasteiger partial charge in [-0.1, -0.05) is 36.4 Å². The maximum Gasteiger partial charge on any atom is 0.170 e. The fraction of sp³-hybridized carbons (Fsp3) is 0.278. The molecule has 0 aliphatic carbocycles. The molecule has 0 atom stereocenters. The Labute approximate surface area is 137 Å². The van der Waals surface area contributed by atoms with Crippen molar-refractivity contribution in [2.45, 2.75) is 19.8 Å². The monoisotopic (exact) mass is 314 g/mol. The van der Waals surface area contributed by atoms with Gasteiger partial charge in [0.2, 0.25) is 0 Å². The van der Waals surface area contributed by atoms with Crippen molar-refractivity contribution in [3.63, 3.8) is 0 Å². The number of anilines is 1. The molecule has 0 bridgehead atoms. The summed E-state index contributed by atoms with van der Waals surface area (Å²) in [6.07, 6.45) is 2.03. The minimum atomic E-state index is 0.628. The lowest BCUT2D eigenvalue weighted by Crippen LogP contribution is -2.27. The molecule has 0 aliphatic rings. The molecule has 0 saturated carbocycles. The second-order valence-electron chi connectivity index (χ2n) is 4.95. The normalized spacial score (nSPS) is 10.0. The van der Waals surface area contributed by atoms with Gasteiger partial charge in [-0.2, -0.15) is 0 Å². The van der Waals surface area contributed by atoms with E-state index in [4.69, 9.17) is 17.0 Å². The van der Waals surface area contributed by atoms with E-state index >= 15 is 0 Å². The summed E-state index contributed by atoms with van der Waals surface area (Å²) in [5.74, 6) is 0.859. The highest BCUT2D eigenvalue weighted by molar-refractivity contribution is 7.80. The molecule has 3 nitrogen and oxygen atoms in total. The van der Waals surface area contributed by atoms with E-state index in [0.29, 0.717) is 11.7 Å². The van der Waals surface area contributed by atoms with Gasteiger partial charge in [0.1, 0.15) is 5.75 Å². The zero-order chi connectivity index (χ0) is 15.6. The Morgan fingerprint density at radius 2 is 1.91 bits per heavy atom. The molecule has 2 rings (SSSR count). The minimum absolute atomic E-state index is 0.628. The lowest BCUT2D eigenvalue weighted by molar-refractivity contribution is 0.311. The summed E-state index contributed by atoms with van der Waals surface area (Å²) in [4.78, 5) is 0. The van der Waals surface area contributed by atoms with Crippen LogP contribution in [0.2, 0.25) is 0 Å². The Hall–Kier alpha value is -2.07. The fourth-order valence-corrected chi connectivity index (χ4v) is 2.37. The zero-order valence-corrected chi connectivity index (χ0v) is 13.7. The Morgan fingerprint density at radius 3 is 2.68 bits per heavy atom. The molecule has 2 aromatic carbocycles. The number of ether oxygens (including phenoxy) is 1. The molecule has 2 aromatic rings. The molecule has 0 aliphatic heterocycles. The summed E-state index contributed by atoms with van der Waals surface area (Å²) in [7, 11) is 0. The SMILES string of the molecule is CCNC(=S)Nc1cccc(OCCCc2ccccc2)c1. The molecule has 0 spiro atoms. The minimum Gasteiger partial charge on any atom is -0.494 e. The smallest absolute Gasteiger partial charge is 0.170 e. The Kier molecular flexibility index (Phi) is 6.71. The molecule has 2 N–H and O–H groups in total. The first-order valence-electron chi connectivity index (χ1n) is 7.59. The lowest BCUT2D eigenvalue weighted by atomic mass is 10.1. The highest BCUT2D eigenvalue weighted by Crippen LogP contribution is 2.17. The molecule has 22 heavy (non-hydrogen) atoms. The number of thiocarbonyl (C=S) groups is 1. The number of aryl methyl sites for hydroxylation is 1. The number of rotatable bonds is 7. The first kappa shape index (κ1) is 16.3. The van der Waals surface area contributed by atoms with Crippen LogP contribution in [0.4, 0.5) is 5.69 Å². The third-order valence-electron chi connectivity index (χ3n) is 3.15. The van der Waals surface area contributed by atoms with Crippen molar-refractivity contribution in [2.75, 3.05) is 18.5 Å². The van der Waals surface area contributed by atoms with Gasteiger partial charge in [-0.05, 0) is 49.7 Å². The summed E-state index contributed by atoms with van der Waals surface area (Å²) in [5, 5.41) is 6.83. The zero-order valence-electron chi connectivity index (χ0n) is 12.8. The maximum absolute atomic E-state index is 5.81. The van der Waals surface area contributed by atoms with Gasteiger partial charge in [-0.25, -0.2) is 0 Å². The van der Waals surface area contributed by atoms with Gasteiger partial charge >= 0.3 is 0 Å². The molecule has 0 aromatic heterocycles. The summed E-state index contributed by atoms with van der Waals surface area (Å²) in [6.45, 7) is 3.53. The third kappa shape index (κ3) is 5.74. The van der Waals surface area contributed by atoms with E-state index in [2.05, 4.69) is 34.9 Å². The molecule has 4 heteroatoms. The number of hydrogen-bond donors (Lipinski definition) is 2. The number of hydrogen-bond acceptors (Lipinski definition) is 2. The quantitative estimate of drug-likeness (QED) is 0.598. The standard InChI is InChI=1S/C18H22N2OS/c1-2-19-18(22)20-16-11-6-12-17(14-16)21-13-7-10-15-8-4-3-5-9-15/h3-6,8-9,11-12,14H,2,7,10,13H2,1H3,(H2,19,20,22). The molecule has 0 saturated heterocycles. The van der Waals surface area contributed by atoms with E-state index in [1.54, 1.807) is 0 Å². The highest BCUT2D eigenvalue weighted by atomic mass is 32.1. The molecule has 0 unspecified atom stereocenters. The van der Waals surface area contributed by atoms with Crippen LogP contribution in [0.1, 0.15) is 18.9 Å². The summed E-state index contributed by atoms with van der Waals surface area (Å²) < 4.78 is 5.81. The third-order valence-corrected chi connectivity index (χ3v) is 3.40. The van der Waals surface area contributed by atoms with E-state index in [-0.39, 0.29) is 0 Å². The maximum atomic E-state index is 5.81. The molecule has 0 amide bonds. The van der Waals surface area contributed by atoms with Crippen LogP contribution in [0.25, 0.3) is 0 Å². The van der Waals surface area contributed by atoms with Gasteiger partial charge in [0.25, 0.3) is 0 Å². The first-order chi connectivity index (χ1) is 10.8. The summed E-state index contributed by atoms with van der Waals surface area (Å²) >= 11 is 5.18. The lowest BCUT2D eigenvalue weighted by Gasteiger charge is -2.11. The van der Waals surface area contributed by atoms with Crippen LogP contribution in [-0.2, 0) is 6.42 Å². The van der Waals surface area contributed by atoms with E-state index in [1.807, 2.05) is 37.3 Å². The molecular weight excluding hydrogens is 292 g/mol. The van der Waals surface area contributed by atoms with Gasteiger partial charge in [0, 0.05) is 18.3 Å². The van der Waals surface area contributed by atoms with Crippen molar-refractivity contribution in [1.29, 1.82) is 0 Å². The van der Waals surface area contributed by atoms with Gasteiger partial charge in [0.05, 0.1) is 6.61 Å². The van der Waals surface area contributed by atoms with E-state index in [1.165, 1.54) is 5.56 Å². The average molecular weight is 314 g/mol. The summed E-state index contributed by atoms with van der Waals surface area (Å²) in [6, 6.07) is 18.3. The largest absolute Gasteiger partial charge is 0.494 e. The first-order valence-corrected chi connectivity index (χ1v) is 8.00. The predicted octanol–water partition coefficient (Wildman–Crippen LogP) is 4.00. The van der Waals surface area contributed by atoms with E-state index < -0.39 is 0 Å². The topological polar surface area (TPSA) is 33.3 Å². The van der Waals surface area contributed by atoms with Crippen LogP contribution >= 0.6 is 12.2 Å². The van der Waals surface area contributed by atoms with Crippen LogP contribution in [0.15, 0.2) is 54.6 Å².